The molecule has 1 unspecified atom stereocenters. The van der Waals surface area contributed by atoms with Crippen molar-refractivity contribution < 1.29 is 4.79 Å². The molecule has 0 aliphatic carbocycles. The van der Waals surface area contributed by atoms with Gasteiger partial charge in [-0.05, 0) is 31.4 Å². The first-order chi connectivity index (χ1) is 12.2. The molecule has 0 spiro atoms. The number of carbonyl (C=O) groups excluding carboxylic acids is 1. The second-order valence-electron chi connectivity index (χ2n) is 6.17. The number of guanidine groups is 1. The van der Waals surface area contributed by atoms with Gasteiger partial charge in [0, 0.05) is 51.9 Å². The second-order valence-corrected chi connectivity index (χ2v) is 6.17. The molecule has 2 heterocycles. The number of halogens is 1. The van der Waals surface area contributed by atoms with E-state index < -0.39 is 0 Å². The van der Waals surface area contributed by atoms with Crippen molar-refractivity contribution in [2.45, 2.75) is 38.6 Å². The topological polar surface area (TPSA) is 81.7 Å². The lowest BCUT2D eigenvalue weighted by Crippen LogP contribution is -2.45. The molecule has 1 fully saturated rings. The highest BCUT2D eigenvalue weighted by molar-refractivity contribution is 14.0. The summed E-state index contributed by atoms with van der Waals surface area (Å²) >= 11 is 0. The molecular weight excluding hydrogens is 443 g/mol. The molecule has 1 aromatic heterocycles. The summed E-state index contributed by atoms with van der Waals surface area (Å²) in [5, 5.41) is 10.1. The monoisotopic (exact) mass is 474 g/mol. The standard InChI is InChI=1S/C18H30N6O.HI/c1-3-17(25)24-13-9-15(14-24)23-18(19-2)22-12-7-6-11-21-16-8-4-5-10-20-16;/h4-5,8,10,15H,3,6-7,9,11-14H2,1-2H3,(H,20,21)(H2,19,22,23);1H. The summed E-state index contributed by atoms with van der Waals surface area (Å²) in [6.45, 7) is 5.28. The Balaban J connectivity index is 0.00000338. The van der Waals surface area contributed by atoms with Crippen LogP contribution in [0.1, 0.15) is 32.6 Å². The molecule has 2 rings (SSSR count). The summed E-state index contributed by atoms with van der Waals surface area (Å²) in [6.07, 6.45) is 5.44. The maximum Gasteiger partial charge on any atom is 0.222 e. The number of rotatable bonds is 8. The maximum absolute atomic E-state index is 11.7. The molecule has 7 nitrogen and oxygen atoms in total. The normalized spacial score (nSPS) is 16.8. The quantitative estimate of drug-likeness (QED) is 0.233. The van der Waals surface area contributed by atoms with Gasteiger partial charge in [0.05, 0.1) is 0 Å². The summed E-state index contributed by atoms with van der Waals surface area (Å²) in [5.74, 6) is 1.96. The number of nitrogens with one attached hydrogen (secondary N) is 3. The van der Waals surface area contributed by atoms with Crippen molar-refractivity contribution in [2.75, 3.05) is 38.5 Å². The number of pyridine rings is 1. The average Bonchev–Trinajstić information content (AvgIpc) is 3.12. The van der Waals surface area contributed by atoms with Crippen LogP contribution in [0.4, 0.5) is 5.82 Å². The van der Waals surface area contributed by atoms with Gasteiger partial charge in [0.1, 0.15) is 5.82 Å². The van der Waals surface area contributed by atoms with E-state index in [-0.39, 0.29) is 35.9 Å². The van der Waals surface area contributed by atoms with Gasteiger partial charge >= 0.3 is 0 Å². The van der Waals surface area contributed by atoms with Gasteiger partial charge in [-0.25, -0.2) is 4.98 Å². The van der Waals surface area contributed by atoms with E-state index in [1.165, 1.54) is 0 Å². The number of aromatic nitrogens is 1. The molecule has 1 aromatic rings. The van der Waals surface area contributed by atoms with Crippen molar-refractivity contribution in [3.05, 3.63) is 24.4 Å². The van der Waals surface area contributed by atoms with Crippen LogP contribution >= 0.6 is 24.0 Å². The predicted molar refractivity (Wildman–Crippen MR) is 117 cm³/mol. The predicted octanol–water partition coefficient (Wildman–Crippen LogP) is 2.07. The fraction of sp³-hybridized carbons (Fsp3) is 0.611. The molecule has 1 aliphatic heterocycles. The van der Waals surface area contributed by atoms with Crippen LogP contribution in [0.15, 0.2) is 29.4 Å². The first-order valence-electron chi connectivity index (χ1n) is 9.12. The van der Waals surface area contributed by atoms with E-state index >= 15 is 0 Å². The fourth-order valence-corrected chi connectivity index (χ4v) is 2.86. The molecule has 1 amide bonds. The van der Waals surface area contributed by atoms with E-state index in [1.54, 1.807) is 13.2 Å². The van der Waals surface area contributed by atoms with Gasteiger partial charge in [0.25, 0.3) is 0 Å². The molecule has 1 atom stereocenters. The van der Waals surface area contributed by atoms with Crippen molar-refractivity contribution >= 4 is 41.7 Å². The molecule has 0 bridgehead atoms. The van der Waals surface area contributed by atoms with Crippen LogP contribution in [0.2, 0.25) is 0 Å². The molecule has 146 valence electrons. The highest BCUT2D eigenvalue weighted by atomic mass is 127. The lowest BCUT2D eigenvalue weighted by molar-refractivity contribution is -0.129. The first-order valence-corrected chi connectivity index (χ1v) is 9.12. The smallest absolute Gasteiger partial charge is 0.222 e. The van der Waals surface area contributed by atoms with Crippen LogP contribution in [0.3, 0.4) is 0 Å². The Morgan fingerprint density at radius 1 is 1.35 bits per heavy atom. The molecule has 26 heavy (non-hydrogen) atoms. The minimum atomic E-state index is 0. The van der Waals surface area contributed by atoms with Gasteiger partial charge in [-0.15, -0.1) is 24.0 Å². The Bertz CT molecular complexity index is 554. The number of hydrogen-bond acceptors (Lipinski definition) is 4. The van der Waals surface area contributed by atoms with Crippen molar-refractivity contribution in [1.29, 1.82) is 0 Å². The Hall–Kier alpha value is -1.58. The highest BCUT2D eigenvalue weighted by Crippen LogP contribution is 2.10. The van der Waals surface area contributed by atoms with Gasteiger partial charge in [0.2, 0.25) is 5.91 Å². The Morgan fingerprint density at radius 3 is 2.85 bits per heavy atom. The van der Waals surface area contributed by atoms with Crippen molar-refractivity contribution in [1.82, 2.24) is 20.5 Å². The summed E-state index contributed by atoms with van der Waals surface area (Å²) in [7, 11) is 1.78. The van der Waals surface area contributed by atoms with E-state index in [0.717, 1.165) is 57.2 Å². The fourth-order valence-electron chi connectivity index (χ4n) is 2.86. The zero-order valence-corrected chi connectivity index (χ0v) is 18.0. The zero-order chi connectivity index (χ0) is 17.9. The van der Waals surface area contributed by atoms with E-state index in [2.05, 4.69) is 25.9 Å². The molecule has 3 N–H and O–H groups in total. The molecule has 1 aliphatic rings. The Labute approximate surface area is 173 Å². The third kappa shape index (κ3) is 7.76. The minimum Gasteiger partial charge on any atom is -0.370 e. The highest BCUT2D eigenvalue weighted by Gasteiger charge is 2.25. The molecule has 0 aromatic carbocycles. The van der Waals surface area contributed by atoms with Gasteiger partial charge in [-0.2, -0.15) is 0 Å². The van der Waals surface area contributed by atoms with Crippen molar-refractivity contribution in [3.8, 4) is 0 Å². The summed E-state index contributed by atoms with van der Waals surface area (Å²) in [4.78, 5) is 22.2. The number of carbonyl (C=O) groups is 1. The molecule has 0 radical (unpaired) electrons. The third-order valence-corrected chi connectivity index (χ3v) is 4.27. The van der Waals surface area contributed by atoms with E-state index in [1.807, 2.05) is 30.0 Å². The van der Waals surface area contributed by atoms with Crippen LogP contribution in [0.5, 0.6) is 0 Å². The SMILES string of the molecule is CCC(=O)N1CCC(NC(=NC)NCCCCNc2ccccn2)C1.I. The van der Waals surface area contributed by atoms with Crippen molar-refractivity contribution in [2.24, 2.45) is 4.99 Å². The number of hydrogen-bond donors (Lipinski definition) is 3. The van der Waals surface area contributed by atoms with Crippen LogP contribution in [0, 0.1) is 0 Å². The average molecular weight is 474 g/mol. The van der Waals surface area contributed by atoms with Gasteiger partial charge in [-0.3, -0.25) is 9.79 Å². The van der Waals surface area contributed by atoms with Crippen LogP contribution < -0.4 is 16.0 Å². The number of likely N-dealkylation sites (tertiary alicyclic amines) is 1. The van der Waals surface area contributed by atoms with E-state index in [4.69, 9.17) is 0 Å². The lowest BCUT2D eigenvalue weighted by Gasteiger charge is -2.18. The number of amides is 1. The molecule has 8 heteroatoms. The maximum atomic E-state index is 11.7. The van der Waals surface area contributed by atoms with Crippen LogP contribution in [-0.2, 0) is 4.79 Å². The number of aliphatic imine (C=N–C) groups is 1. The summed E-state index contributed by atoms with van der Waals surface area (Å²) in [6, 6.07) is 6.14. The molecule has 1 saturated heterocycles. The lowest BCUT2D eigenvalue weighted by atomic mass is 10.2. The van der Waals surface area contributed by atoms with Gasteiger partial charge in [0.15, 0.2) is 5.96 Å². The summed E-state index contributed by atoms with van der Waals surface area (Å²) < 4.78 is 0. The van der Waals surface area contributed by atoms with Crippen LogP contribution in [0.25, 0.3) is 0 Å². The van der Waals surface area contributed by atoms with E-state index in [0.29, 0.717) is 6.42 Å². The van der Waals surface area contributed by atoms with Crippen LogP contribution in [-0.4, -0.2) is 61.0 Å². The minimum absolute atomic E-state index is 0. The number of nitrogens with zero attached hydrogens (tertiary/aromatic N) is 3. The second kappa shape index (κ2) is 12.7. The van der Waals surface area contributed by atoms with Gasteiger partial charge < -0.3 is 20.9 Å². The van der Waals surface area contributed by atoms with E-state index in [9.17, 15) is 4.79 Å². The van der Waals surface area contributed by atoms with Crippen molar-refractivity contribution in [3.63, 3.8) is 0 Å². The summed E-state index contributed by atoms with van der Waals surface area (Å²) in [5.41, 5.74) is 0. The molecule has 0 saturated carbocycles. The Morgan fingerprint density at radius 2 is 2.15 bits per heavy atom. The third-order valence-electron chi connectivity index (χ3n) is 4.27. The Kier molecular flexibility index (Phi) is 11.0. The zero-order valence-electron chi connectivity index (χ0n) is 15.7. The number of unbranched alkanes of at least 4 members (excludes halogenated alkanes) is 1. The largest absolute Gasteiger partial charge is 0.370 e. The first kappa shape index (κ1) is 22.5. The molecular formula is C18H31IN6O. The number of anilines is 1. The van der Waals surface area contributed by atoms with Gasteiger partial charge in [-0.1, -0.05) is 13.0 Å².